The van der Waals surface area contributed by atoms with Crippen LogP contribution in [0.5, 0.6) is 0 Å². The molecule has 0 bridgehead atoms. The Balaban J connectivity index is 0.00000120. The molecule has 1 aromatic carbocycles. The van der Waals surface area contributed by atoms with E-state index >= 15 is 0 Å². The quantitative estimate of drug-likeness (QED) is 0.858. The molecular weight excluding hydrogens is 316 g/mol. The number of fused-ring (bicyclic) bond motifs is 1. The fraction of sp³-hybridized carbons (Fsp3) is 0.462. The molecule has 1 amide bonds. The number of nitrogens with two attached hydrogens (primary N) is 1. The van der Waals surface area contributed by atoms with Crippen LogP contribution in [0.3, 0.4) is 0 Å². The van der Waals surface area contributed by atoms with Crippen LogP contribution in [0.2, 0.25) is 0 Å². The minimum atomic E-state index is -0.538. The number of amides is 1. The zero-order valence-corrected chi connectivity index (χ0v) is 12.4. The molecule has 0 aromatic heterocycles. The molecule has 0 radical (unpaired) electrons. The summed E-state index contributed by atoms with van der Waals surface area (Å²) in [6, 6.07) is 6.17. The van der Waals surface area contributed by atoms with Gasteiger partial charge in [-0.2, -0.15) is 0 Å². The molecule has 0 spiro atoms. The van der Waals surface area contributed by atoms with Crippen LogP contribution in [-0.4, -0.2) is 22.9 Å². The Morgan fingerprint density at radius 2 is 2.11 bits per heavy atom. The van der Waals surface area contributed by atoms with Gasteiger partial charge in [0.1, 0.15) is 0 Å². The molecule has 1 aliphatic heterocycles. The molecule has 1 heterocycles. The van der Waals surface area contributed by atoms with Crippen LogP contribution >= 0.6 is 28.3 Å². The Morgan fingerprint density at radius 3 is 2.78 bits per heavy atom. The maximum Gasteiger partial charge on any atom is 0.242 e. The average molecular weight is 332 g/mol. The van der Waals surface area contributed by atoms with E-state index in [4.69, 9.17) is 5.73 Å². The molecule has 3 nitrogen and oxygen atoms in total. The Morgan fingerprint density at radius 1 is 1.39 bits per heavy atom. The first-order chi connectivity index (χ1) is 8.10. The molecule has 1 saturated carbocycles. The highest BCUT2D eigenvalue weighted by molar-refractivity contribution is 9.10. The second kappa shape index (κ2) is 4.83. The molecule has 2 aliphatic rings. The van der Waals surface area contributed by atoms with Gasteiger partial charge in [0.25, 0.3) is 0 Å². The first-order valence-electron chi connectivity index (χ1n) is 5.95. The summed E-state index contributed by atoms with van der Waals surface area (Å²) in [6.07, 6.45) is 2.60. The number of carbonyl (C=O) groups excluding carboxylic acids is 1. The lowest BCUT2D eigenvalue weighted by atomic mass is 9.99. The topological polar surface area (TPSA) is 46.3 Å². The van der Waals surface area contributed by atoms with Gasteiger partial charge in [-0.05, 0) is 36.5 Å². The summed E-state index contributed by atoms with van der Waals surface area (Å²) < 4.78 is 1.15. The van der Waals surface area contributed by atoms with Crippen molar-refractivity contribution in [2.24, 2.45) is 5.73 Å². The maximum absolute atomic E-state index is 12.2. The fourth-order valence-corrected chi connectivity index (χ4v) is 3.01. The molecule has 1 aliphatic carbocycles. The number of nitrogens with zero attached hydrogens (tertiary/aromatic N) is 1. The van der Waals surface area contributed by atoms with Crippen molar-refractivity contribution in [3.05, 3.63) is 33.8 Å². The molecule has 0 unspecified atom stereocenters. The first kappa shape index (κ1) is 13.8. The number of halogens is 2. The van der Waals surface area contributed by atoms with Crippen LogP contribution in [-0.2, 0) is 17.8 Å². The third-order valence-electron chi connectivity index (χ3n) is 3.71. The van der Waals surface area contributed by atoms with E-state index in [1.807, 2.05) is 11.0 Å². The SMILES string of the molecule is Cl.NC1(C(=O)N2CCc3c(Br)cccc3C2)CC1. The minimum absolute atomic E-state index is 0. The van der Waals surface area contributed by atoms with Crippen molar-refractivity contribution in [2.45, 2.75) is 31.3 Å². The first-order valence-corrected chi connectivity index (χ1v) is 6.74. The van der Waals surface area contributed by atoms with Crippen LogP contribution < -0.4 is 5.73 Å². The molecule has 1 fully saturated rings. The summed E-state index contributed by atoms with van der Waals surface area (Å²) >= 11 is 3.56. The van der Waals surface area contributed by atoms with Gasteiger partial charge in [0.2, 0.25) is 5.91 Å². The summed E-state index contributed by atoms with van der Waals surface area (Å²) in [5, 5.41) is 0. The summed E-state index contributed by atoms with van der Waals surface area (Å²) in [7, 11) is 0. The number of benzene rings is 1. The van der Waals surface area contributed by atoms with Crippen molar-refractivity contribution in [3.8, 4) is 0 Å². The molecule has 98 valence electrons. The van der Waals surface area contributed by atoms with Gasteiger partial charge in [0, 0.05) is 17.6 Å². The third kappa shape index (κ3) is 2.29. The lowest BCUT2D eigenvalue weighted by Crippen LogP contribution is -2.47. The van der Waals surface area contributed by atoms with Crippen LogP contribution in [0.15, 0.2) is 22.7 Å². The Hall–Kier alpha value is -0.580. The summed E-state index contributed by atoms with van der Waals surface area (Å²) in [6.45, 7) is 1.49. The van der Waals surface area contributed by atoms with Crippen LogP contribution in [0.4, 0.5) is 0 Å². The van der Waals surface area contributed by atoms with E-state index in [1.54, 1.807) is 0 Å². The van der Waals surface area contributed by atoms with Gasteiger partial charge in [-0.3, -0.25) is 4.79 Å². The largest absolute Gasteiger partial charge is 0.336 e. The van der Waals surface area contributed by atoms with Crippen molar-refractivity contribution in [3.63, 3.8) is 0 Å². The second-order valence-electron chi connectivity index (χ2n) is 5.01. The molecule has 18 heavy (non-hydrogen) atoms. The van der Waals surface area contributed by atoms with E-state index in [2.05, 4.69) is 28.1 Å². The predicted molar refractivity (Wildman–Crippen MR) is 76.7 cm³/mol. The van der Waals surface area contributed by atoms with E-state index in [0.717, 1.165) is 30.3 Å². The van der Waals surface area contributed by atoms with Crippen molar-refractivity contribution >= 4 is 34.2 Å². The van der Waals surface area contributed by atoms with E-state index < -0.39 is 5.54 Å². The number of hydrogen-bond acceptors (Lipinski definition) is 2. The Labute approximate surface area is 121 Å². The average Bonchev–Trinajstić information content (AvgIpc) is 3.08. The highest BCUT2D eigenvalue weighted by atomic mass is 79.9. The van der Waals surface area contributed by atoms with E-state index in [1.165, 1.54) is 11.1 Å². The number of rotatable bonds is 1. The van der Waals surface area contributed by atoms with Gasteiger partial charge in [0.05, 0.1) is 5.54 Å². The van der Waals surface area contributed by atoms with Crippen LogP contribution in [0, 0.1) is 0 Å². The van der Waals surface area contributed by atoms with Gasteiger partial charge >= 0.3 is 0 Å². The van der Waals surface area contributed by atoms with Gasteiger partial charge < -0.3 is 10.6 Å². The second-order valence-corrected chi connectivity index (χ2v) is 5.86. The number of hydrogen-bond donors (Lipinski definition) is 1. The minimum Gasteiger partial charge on any atom is -0.336 e. The van der Waals surface area contributed by atoms with Gasteiger partial charge in [-0.15, -0.1) is 12.4 Å². The fourth-order valence-electron chi connectivity index (χ4n) is 2.40. The standard InChI is InChI=1S/C13H15BrN2O.ClH/c14-11-3-1-2-9-8-16(7-4-10(9)11)12(17)13(15)5-6-13;/h1-3H,4-8,15H2;1H. The molecule has 1 aromatic rings. The van der Waals surface area contributed by atoms with Crippen LogP contribution in [0.1, 0.15) is 24.0 Å². The monoisotopic (exact) mass is 330 g/mol. The summed E-state index contributed by atoms with van der Waals surface area (Å²) in [5.41, 5.74) is 8.00. The van der Waals surface area contributed by atoms with Crippen LogP contribution in [0.25, 0.3) is 0 Å². The van der Waals surface area contributed by atoms with Crippen molar-refractivity contribution in [1.29, 1.82) is 0 Å². The Kier molecular flexibility index (Phi) is 3.72. The smallest absolute Gasteiger partial charge is 0.242 e. The molecule has 0 atom stereocenters. The highest BCUT2D eigenvalue weighted by Gasteiger charge is 2.48. The zero-order valence-electron chi connectivity index (χ0n) is 9.99. The molecule has 2 N–H and O–H groups in total. The van der Waals surface area contributed by atoms with E-state index in [9.17, 15) is 4.79 Å². The lowest BCUT2D eigenvalue weighted by Gasteiger charge is -2.31. The Bertz CT molecular complexity index is 488. The van der Waals surface area contributed by atoms with E-state index in [-0.39, 0.29) is 18.3 Å². The number of carbonyl (C=O) groups is 1. The third-order valence-corrected chi connectivity index (χ3v) is 4.45. The summed E-state index contributed by atoms with van der Waals surface area (Å²) in [5.74, 6) is 0.128. The normalized spacial score (nSPS) is 19.8. The zero-order chi connectivity index (χ0) is 12.0. The predicted octanol–water partition coefficient (Wildman–Crippen LogP) is 2.25. The van der Waals surface area contributed by atoms with Crippen molar-refractivity contribution in [2.75, 3.05) is 6.54 Å². The molecule has 0 saturated heterocycles. The molecule has 3 rings (SSSR count). The van der Waals surface area contributed by atoms with E-state index in [0.29, 0.717) is 6.54 Å². The summed E-state index contributed by atoms with van der Waals surface area (Å²) in [4.78, 5) is 14.1. The lowest BCUT2D eigenvalue weighted by molar-refractivity contribution is -0.134. The highest BCUT2D eigenvalue weighted by Crippen LogP contribution is 2.36. The van der Waals surface area contributed by atoms with Gasteiger partial charge in [-0.25, -0.2) is 0 Å². The van der Waals surface area contributed by atoms with Gasteiger partial charge in [-0.1, -0.05) is 28.1 Å². The molecular formula is C13H16BrClN2O. The van der Waals surface area contributed by atoms with Crippen molar-refractivity contribution < 1.29 is 4.79 Å². The van der Waals surface area contributed by atoms with Crippen molar-refractivity contribution in [1.82, 2.24) is 4.90 Å². The molecule has 5 heteroatoms. The maximum atomic E-state index is 12.2. The van der Waals surface area contributed by atoms with Gasteiger partial charge in [0.15, 0.2) is 0 Å².